The van der Waals surface area contributed by atoms with Crippen molar-refractivity contribution in [1.82, 2.24) is 19.4 Å². The number of ether oxygens (including phenoxy) is 1. The Labute approximate surface area is 210 Å². The zero-order valence-electron chi connectivity index (χ0n) is 19.3. The fourth-order valence-electron chi connectivity index (χ4n) is 4.35. The summed E-state index contributed by atoms with van der Waals surface area (Å²) in [5.74, 6) is 0.972. The van der Waals surface area contributed by atoms with Gasteiger partial charge in [-0.2, -0.15) is 4.31 Å². The topological polar surface area (TPSA) is 82.2 Å². The lowest BCUT2D eigenvalue weighted by atomic mass is 10.1. The van der Waals surface area contributed by atoms with Gasteiger partial charge in [0.1, 0.15) is 16.6 Å². The molecule has 8 nitrogen and oxygen atoms in total. The first-order chi connectivity index (χ1) is 16.3. The zero-order valence-corrected chi connectivity index (χ0v) is 21.7. The number of benzene rings is 1. The lowest BCUT2D eigenvalue weighted by molar-refractivity contribution is -0.119. The van der Waals surface area contributed by atoms with Crippen LogP contribution in [-0.2, 0) is 21.4 Å². The molecule has 0 unspecified atom stereocenters. The quantitative estimate of drug-likeness (QED) is 0.512. The Bertz CT molecular complexity index is 1090. The number of likely N-dealkylation sites (N-methyl/N-ethyl adjacent to an activating group) is 1. The van der Waals surface area contributed by atoms with Gasteiger partial charge >= 0.3 is 0 Å². The third kappa shape index (κ3) is 6.71. The molecule has 2 aromatic rings. The molecule has 3 heterocycles. The van der Waals surface area contributed by atoms with Crippen LogP contribution in [0.15, 0.2) is 40.6 Å². The number of rotatable bonds is 10. The van der Waals surface area contributed by atoms with Crippen LogP contribution in [-0.4, -0.2) is 87.4 Å². The highest BCUT2D eigenvalue weighted by molar-refractivity contribution is 7.91. The maximum atomic E-state index is 12.7. The van der Waals surface area contributed by atoms with Crippen LogP contribution in [0, 0.1) is 0 Å². The van der Waals surface area contributed by atoms with E-state index in [1.54, 1.807) is 12.1 Å². The smallest absolute Gasteiger partial charge is 0.252 e. The minimum Gasteiger partial charge on any atom is -0.492 e. The van der Waals surface area contributed by atoms with Crippen LogP contribution >= 0.6 is 22.9 Å². The van der Waals surface area contributed by atoms with Gasteiger partial charge in [0.25, 0.3) is 10.0 Å². The van der Waals surface area contributed by atoms with E-state index in [0.717, 1.165) is 48.7 Å². The van der Waals surface area contributed by atoms with Gasteiger partial charge in [-0.15, -0.1) is 11.3 Å². The summed E-state index contributed by atoms with van der Waals surface area (Å²) in [7, 11) is -1.41. The SMILES string of the molecule is CN(Cc1cccc(OCCN2CCN(S(=O)(=O)c3ccc(Cl)s3)CC2)c1)C[C@H]1CCC(=O)N1. The highest BCUT2D eigenvalue weighted by atomic mass is 35.5. The molecule has 0 spiro atoms. The summed E-state index contributed by atoms with van der Waals surface area (Å²) in [4.78, 5) is 15.8. The number of hydrogen-bond acceptors (Lipinski definition) is 7. The number of halogens is 1. The van der Waals surface area contributed by atoms with Crippen LogP contribution in [0.2, 0.25) is 4.34 Å². The summed E-state index contributed by atoms with van der Waals surface area (Å²) in [6, 6.07) is 11.5. The van der Waals surface area contributed by atoms with Gasteiger partial charge in [0.2, 0.25) is 5.91 Å². The number of piperazine rings is 1. The number of thiophene rings is 1. The van der Waals surface area contributed by atoms with Crippen LogP contribution in [0.4, 0.5) is 0 Å². The van der Waals surface area contributed by atoms with Gasteiger partial charge < -0.3 is 15.0 Å². The Hall–Kier alpha value is -1.69. The highest BCUT2D eigenvalue weighted by Crippen LogP contribution is 2.28. The molecule has 2 aliphatic heterocycles. The van der Waals surface area contributed by atoms with Crippen LogP contribution < -0.4 is 10.1 Å². The Balaban J connectivity index is 1.19. The van der Waals surface area contributed by atoms with Crippen molar-refractivity contribution < 1.29 is 17.9 Å². The monoisotopic (exact) mass is 526 g/mol. The first kappa shape index (κ1) is 25.4. The van der Waals surface area contributed by atoms with Gasteiger partial charge in [0.15, 0.2) is 0 Å². The molecule has 34 heavy (non-hydrogen) atoms. The summed E-state index contributed by atoms with van der Waals surface area (Å²) in [6.07, 6.45) is 1.52. The summed E-state index contributed by atoms with van der Waals surface area (Å²) < 4.78 is 33.8. The van der Waals surface area contributed by atoms with Crippen LogP contribution in [0.1, 0.15) is 18.4 Å². The third-order valence-corrected chi connectivity index (χ3v) is 9.72. The number of hydrogen-bond donors (Lipinski definition) is 1. The zero-order chi connectivity index (χ0) is 24.1. The summed E-state index contributed by atoms with van der Waals surface area (Å²) >= 11 is 7.00. The standard InChI is InChI=1S/C23H31ClN4O4S2/c1-26(17-19-5-7-22(29)25-19)16-18-3-2-4-20(15-18)32-14-13-27-9-11-28(12-10-27)34(30,31)23-8-6-21(24)33-23/h2-4,6,8,15,19H,5,7,9-14,16-17H2,1H3,(H,25,29)/t19-/m1/s1. The van der Waals surface area contributed by atoms with Crippen molar-refractivity contribution in [2.45, 2.75) is 29.6 Å². The molecule has 0 bridgehead atoms. The average molecular weight is 527 g/mol. The van der Waals surface area contributed by atoms with Crippen molar-refractivity contribution in [2.75, 3.05) is 52.9 Å². The fraction of sp³-hybridized carbons (Fsp3) is 0.522. The molecule has 1 N–H and O–H groups in total. The van der Waals surface area contributed by atoms with E-state index in [1.807, 2.05) is 12.1 Å². The number of carbonyl (C=O) groups is 1. The van der Waals surface area contributed by atoms with E-state index in [-0.39, 0.29) is 11.9 Å². The van der Waals surface area contributed by atoms with Gasteiger partial charge in [-0.3, -0.25) is 9.69 Å². The van der Waals surface area contributed by atoms with E-state index in [4.69, 9.17) is 16.3 Å². The predicted octanol–water partition coefficient (Wildman–Crippen LogP) is 2.50. The summed E-state index contributed by atoms with van der Waals surface area (Å²) in [6.45, 7) is 5.16. The van der Waals surface area contributed by atoms with Crippen molar-refractivity contribution in [1.29, 1.82) is 0 Å². The van der Waals surface area contributed by atoms with Gasteiger partial charge in [-0.05, 0) is 43.3 Å². The van der Waals surface area contributed by atoms with E-state index in [0.29, 0.717) is 47.8 Å². The molecule has 11 heteroatoms. The molecule has 2 aliphatic rings. The van der Waals surface area contributed by atoms with Crippen molar-refractivity contribution >= 4 is 38.9 Å². The predicted molar refractivity (Wildman–Crippen MR) is 134 cm³/mol. The number of nitrogens with zero attached hydrogens (tertiary/aromatic N) is 3. The minimum atomic E-state index is -3.47. The molecule has 1 aromatic carbocycles. The van der Waals surface area contributed by atoms with Crippen molar-refractivity contribution in [3.8, 4) is 5.75 Å². The molecule has 4 rings (SSSR count). The average Bonchev–Trinajstić information content (AvgIpc) is 3.42. The van der Waals surface area contributed by atoms with Crippen LogP contribution in [0.5, 0.6) is 5.75 Å². The van der Waals surface area contributed by atoms with Crippen LogP contribution in [0.25, 0.3) is 0 Å². The maximum Gasteiger partial charge on any atom is 0.252 e. The molecule has 1 amide bonds. The molecular formula is C23H31ClN4O4S2. The van der Waals surface area contributed by atoms with Gasteiger partial charge in [0, 0.05) is 58.3 Å². The number of nitrogens with one attached hydrogen (secondary N) is 1. The van der Waals surface area contributed by atoms with E-state index in [2.05, 4.69) is 34.3 Å². The molecule has 2 fully saturated rings. The Morgan fingerprint density at radius 1 is 1.21 bits per heavy atom. The van der Waals surface area contributed by atoms with E-state index in [9.17, 15) is 13.2 Å². The van der Waals surface area contributed by atoms with Gasteiger partial charge in [-0.1, -0.05) is 23.7 Å². The Morgan fingerprint density at radius 2 is 2.00 bits per heavy atom. The van der Waals surface area contributed by atoms with E-state index >= 15 is 0 Å². The molecule has 0 radical (unpaired) electrons. The summed E-state index contributed by atoms with van der Waals surface area (Å²) in [5.41, 5.74) is 1.16. The van der Waals surface area contributed by atoms with Crippen molar-refractivity contribution in [3.63, 3.8) is 0 Å². The third-order valence-electron chi connectivity index (χ3n) is 6.12. The Morgan fingerprint density at radius 3 is 2.68 bits per heavy atom. The second-order valence-corrected chi connectivity index (χ2v) is 12.7. The Kier molecular flexibility index (Phi) is 8.49. The normalized spacial score (nSPS) is 20.1. The first-order valence-corrected chi connectivity index (χ1v) is 14.1. The molecule has 1 atom stereocenters. The van der Waals surface area contributed by atoms with E-state index in [1.165, 1.54) is 4.31 Å². The second-order valence-electron chi connectivity index (χ2n) is 8.80. The molecule has 2 saturated heterocycles. The van der Waals surface area contributed by atoms with Gasteiger partial charge in [0.05, 0.1) is 4.34 Å². The molecular weight excluding hydrogens is 496 g/mol. The van der Waals surface area contributed by atoms with Crippen molar-refractivity contribution in [3.05, 3.63) is 46.3 Å². The minimum absolute atomic E-state index is 0.143. The molecule has 186 valence electrons. The van der Waals surface area contributed by atoms with Crippen LogP contribution in [0.3, 0.4) is 0 Å². The molecule has 0 saturated carbocycles. The second kappa shape index (κ2) is 11.4. The number of carbonyl (C=O) groups excluding carboxylic acids is 1. The largest absolute Gasteiger partial charge is 0.492 e. The fourth-order valence-corrected chi connectivity index (χ4v) is 7.41. The van der Waals surface area contributed by atoms with E-state index < -0.39 is 10.0 Å². The van der Waals surface area contributed by atoms with Gasteiger partial charge in [-0.25, -0.2) is 8.42 Å². The van der Waals surface area contributed by atoms with Crippen molar-refractivity contribution in [2.24, 2.45) is 0 Å². The number of sulfonamides is 1. The molecule has 0 aliphatic carbocycles. The first-order valence-electron chi connectivity index (χ1n) is 11.5. The maximum absolute atomic E-state index is 12.7. The highest BCUT2D eigenvalue weighted by Gasteiger charge is 2.29. The number of amides is 1. The molecule has 1 aromatic heterocycles. The lowest BCUT2D eigenvalue weighted by Crippen LogP contribution is -2.49. The summed E-state index contributed by atoms with van der Waals surface area (Å²) in [5, 5.41) is 3.01. The lowest BCUT2D eigenvalue weighted by Gasteiger charge is -2.33.